The van der Waals surface area contributed by atoms with Crippen molar-refractivity contribution in [3.05, 3.63) is 83.7 Å². The Balaban J connectivity index is 1.50. The molecule has 4 aromatic rings. The van der Waals surface area contributed by atoms with Crippen LogP contribution in [0.5, 0.6) is 5.75 Å². The van der Waals surface area contributed by atoms with Crippen LogP contribution < -0.4 is 10.1 Å². The van der Waals surface area contributed by atoms with Gasteiger partial charge in [0, 0.05) is 18.5 Å². The zero-order valence-corrected chi connectivity index (χ0v) is 16.0. The number of nitrogens with zero attached hydrogens (tertiary/aromatic N) is 3. The van der Waals surface area contributed by atoms with E-state index in [0.29, 0.717) is 5.75 Å². The molecule has 7 heteroatoms. The Bertz CT molecular complexity index is 1100. The number of carbonyl (C=O) groups excluding carboxylic acids is 1. The van der Waals surface area contributed by atoms with Crippen molar-refractivity contribution in [1.29, 1.82) is 0 Å². The number of aryl methyl sites for hydroxylation is 1. The van der Waals surface area contributed by atoms with E-state index in [2.05, 4.69) is 19.0 Å². The summed E-state index contributed by atoms with van der Waals surface area (Å²) in [6.07, 6.45) is 3.45. The van der Waals surface area contributed by atoms with E-state index in [-0.39, 0.29) is 18.6 Å². The summed E-state index contributed by atoms with van der Waals surface area (Å²) in [5, 5.41) is 3.08. The molecule has 2 heterocycles. The third-order valence-corrected chi connectivity index (χ3v) is 5.00. The number of amides is 1. The standard InChI is InChI=1S/C21H18N4O2S/c1-14-4-2-3-5-17(14)21(15-8-10-22-11-9-15)23-20(26)13-27-16-6-7-18-19(12-16)25-28-24-18/h2-12,21H,13H2,1H3,(H,23,26)/t21-/m1/s1. The Morgan fingerprint density at radius 1 is 1.07 bits per heavy atom. The average molecular weight is 390 g/mol. The summed E-state index contributed by atoms with van der Waals surface area (Å²) in [6, 6.07) is 16.9. The Morgan fingerprint density at radius 2 is 1.86 bits per heavy atom. The van der Waals surface area contributed by atoms with Crippen LogP contribution in [0.2, 0.25) is 0 Å². The fourth-order valence-corrected chi connectivity index (χ4v) is 3.53. The highest BCUT2D eigenvalue weighted by Crippen LogP contribution is 2.24. The monoisotopic (exact) mass is 390 g/mol. The van der Waals surface area contributed by atoms with E-state index >= 15 is 0 Å². The van der Waals surface area contributed by atoms with E-state index in [1.165, 1.54) is 0 Å². The third kappa shape index (κ3) is 3.99. The van der Waals surface area contributed by atoms with Crippen LogP contribution in [0.4, 0.5) is 0 Å². The second kappa shape index (κ2) is 8.14. The molecule has 6 nitrogen and oxygen atoms in total. The van der Waals surface area contributed by atoms with Gasteiger partial charge < -0.3 is 10.1 Å². The molecule has 1 amide bonds. The quantitative estimate of drug-likeness (QED) is 0.543. The van der Waals surface area contributed by atoms with Gasteiger partial charge in [-0.2, -0.15) is 8.75 Å². The molecule has 1 N–H and O–H groups in total. The van der Waals surface area contributed by atoms with E-state index in [1.54, 1.807) is 24.5 Å². The van der Waals surface area contributed by atoms with Crippen molar-refractivity contribution >= 4 is 28.7 Å². The second-order valence-corrected chi connectivity index (χ2v) is 6.87. The molecular formula is C21H18N4O2S. The lowest BCUT2D eigenvalue weighted by Crippen LogP contribution is -2.33. The van der Waals surface area contributed by atoms with Crippen molar-refractivity contribution in [2.45, 2.75) is 13.0 Å². The van der Waals surface area contributed by atoms with Crippen molar-refractivity contribution in [3.8, 4) is 5.75 Å². The SMILES string of the molecule is Cc1ccccc1[C@H](NC(=O)COc1ccc2nsnc2c1)c1ccncc1. The number of ether oxygens (including phenoxy) is 1. The van der Waals surface area contributed by atoms with Gasteiger partial charge in [-0.15, -0.1) is 0 Å². The topological polar surface area (TPSA) is 77.0 Å². The van der Waals surface area contributed by atoms with Gasteiger partial charge in [0.25, 0.3) is 5.91 Å². The van der Waals surface area contributed by atoms with Gasteiger partial charge in [0.05, 0.1) is 17.8 Å². The van der Waals surface area contributed by atoms with Crippen molar-refractivity contribution in [3.63, 3.8) is 0 Å². The molecule has 0 aliphatic rings. The maximum absolute atomic E-state index is 12.6. The van der Waals surface area contributed by atoms with Gasteiger partial charge in [-0.25, -0.2) is 0 Å². The molecule has 1 atom stereocenters. The van der Waals surface area contributed by atoms with E-state index in [1.807, 2.05) is 49.4 Å². The van der Waals surface area contributed by atoms with Crippen molar-refractivity contribution < 1.29 is 9.53 Å². The van der Waals surface area contributed by atoms with E-state index in [9.17, 15) is 4.79 Å². The molecule has 0 unspecified atom stereocenters. The number of rotatable bonds is 6. The highest BCUT2D eigenvalue weighted by Gasteiger charge is 2.18. The van der Waals surface area contributed by atoms with Gasteiger partial charge >= 0.3 is 0 Å². The van der Waals surface area contributed by atoms with Gasteiger partial charge in [0.2, 0.25) is 0 Å². The molecular weight excluding hydrogens is 372 g/mol. The highest BCUT2D eigenvalue weighted by atomic mass is 32.1. The van der Waals surface area contributed by atoms with Crippen molar-refractivity contribution in [2.24, 2.45) is 0 Å². The summed E-state index contributed by atoms with van der Waals surface area (Å²) in [5.74, 6) is 0.383. The Hall–Kier alpha value is -3.32. The van der Waals surface area contributed by atoms with Crippen LogP contribution in [0.25, 0.3) is 11.0 Å². The number of aromatic nitrogens is 3. The smallest absolute Gasteiger partial charge is 0.258 e. The molecule has 0 saturated heterocycles. The normalized spacial score (nSPS) is 11.9. The molecule has 28 heavy (non-hydrogen) atoms. The lowest BCUT2D eigenvalue weighted by Gasteiger charge is -2.21. The first-order chi connectivity index (χ1) is 13.7. The maximum Gasteiger partial charge on any atom is 0.258 e. The molecule has 140 valence electrons. The second-order valence-electron chi connectivity index (χ2n) is 6.34. The Labute approximate surface area is 166 Å². The van der Waals surface area contributed by atoms with Crippen LogP contribution in [0.3, 0.4) is 0 Å². The Kier molecular flexibility index (Phi) is 5.25. The number of fused-ring (bicyclic) bond motifs is 1. The van der Waals surface area contributed by atoms with Gasteiger partial charge in [0.15, 0.2) is 6.61 Å². The number of pyridine rings is 1. The maximum atomic E-state index is 12.6. The molecule has 4 rings (SSSR count). The summed E-state index contributed by atoms with van der Waals surface area (Å²) >= 11 is 1.15. The predicted octanol–water partition coefficient (Wildman–Crippen LogP) is 3.68. The van der Waals surface area contributed by atoms with E-state index in [4.69, 9.17) is 4.74 Å². The fraction of sp³-hybridized carbons (Fsp3) is 0.143. The third-order valence-electron chi connectivity index (χ3n) is 4.44. The van der Waals surface area contributed by atoms with Gasteiger partial charge in [-0.05, 0) is 47.9 Å². The molecule has 0 radical (unpaired) electrons. The molecule has 0 aliphatic heterocycles. The van der Waals surface area contributed by atoms with Crippen molar-refractivity contribution in [1.82, 2.24) is 19.0 Å². The molecule has 0 spiro atoms. The first-order valence-electron chi connectivity index (χ1n) is 8.80. The number of nitrogens with one attached hydrogen (secondary N) is 1. The highest BCUT2D eigenvalue weighted by molar-refractivity contribution is 7.00. The fourth-order valence-electron chi connectivity index (χ4n) is 3.01. The molecule has 0 fully saturated rings. The summed E-state index contributed by atoms with van der Waals surface area (Å²) in [5.41, 5.74) is 4.69. The van der Waals surface area contributed by atoms with Gasteiger partial charge in [-0.1, -0.05) is 24.3 Å². The molecule has 2 aromatic carbocycles. The zero-order valence-electron chi connectivity index (χ0n) is 15.2. The first-order valence-corrected chi connectivity index (χ1v) is 9.53. The van der Waals surface area contributed by atoms with Crippen LogP contribution in [-0.2, 0) is 4.79 Å². The summed E-state index contributed by atoms with van der Waals surface area (Å²) in [4.78, 5) is 16.7. The van der Waals surface area contributed by atoms with Crippen LogP contribution in [0, 0.1) is 6.92 Å². The first kappa shape index (κ1) is 18.1. The summed E-state index contributed by atoms with van der Waals surface area (Å²) < 4.78 is 14.0. The number of hydrogen-bond donors (Lipinski definition) is 1. The molecule has 2 aromatic heterocycles. The summed E-state index contributed by atoms with van der Waals surface area (Å²) in [6.45, 7) is 1.94. The minimum Gasteiger partial charge on any atom is -0.484 e. The lowest BCUT2D eigenvalue weighted by atomic mass is 9.95. The minimum absolute atomic E-state index is 0.0868. The van der Waals surface area contributed by atoms with Gasteiger partial charge in [-0.3, -0.25) is 9.78 Å². The van der Waals surface area contributed by atoms with Gasteiger partial charge in [0.1, 0.15) is 16.8 Å². The predicted molar refractivity (Wildman–Crippen MR) is 108 cm³/mol. The van der Waals surface area contributed by atoms with Crippen LogP contribution in [0.1, 0.15) is 22.7 Å². The average Bonchev–Trinajstić information content (AvgIpc) is 3.20. The largest absolute Gasteiger partial charge is 0.484 e. The lowest BCUT2D eigenvalue weighted by molar-refractivity contribution is -0.123. The number of hydrogen-bond acceptors (Lipinski definition) is 6. The number of carbonyl (C=O) groups is 1. The summed E-state index contributed by atoms with van der Waals surface area (Å²) in [7, 11) is 0. The van der Waals surface area contributed by atoms with Crippen molar-refractivity contribution in [2.75, 3.05) is 6.61 Å². The zero-order chi connectivity index (χ0) is 19.3. The van der Waals surface area contributed by atoms with Crippen LogP contribution in [0.15, 0.2) is 67.0 Å². The molecule has 0 aliphatic carbocycles. The molecule has 0 bridgehead atoms. The number of benzene rings is 2. The van der Waals surface area contributed by atoms with Crippen LogP contribution in [-0.4, -0.2) is 26.2 Å². The molecule has 0 saturated carbocycles. The minimum atomic E-state index is -0.273. The van der Waals surface area contributed by atoms with E-state index in [0.717, 1.165) is 39.5 Å². The van der Waals surface area contributed by atoms with Crippen LogP contribution >= 0.6 is 11.7 Å². The Morgan fingerprint density at radius 3 is 2.68 bits per heavy atom. The van der Waals surface area contributed by atoms with E-state index < -0.39 is 0 Å².